The van der Waals surface area contributed by atoms with Gasteiger partial charge in [0.25, 0.3) is 11.8 Å². The summed E-state index contributed by atoms with van der Waals surface area (Å²) in [5, 5.41) is 5.69. The van der Waals surface area contributed by atoms with Gasteiger partial charge in [-0.2, -0.15) is 0 Å². The fourth-order valence-corrected chi connectivity index (χ4v) is 3.77. The zero-order valence-electron chi connectivity index (χ0n) is 17.5. The Balaban J connectivity index is 1.46. The van der Waals surface area contributed by atoms with Crippen molar-refractivity contribution in [3.63, 3.8) is 0 Å². The summed E-state index contributed by atoms with van der Waals surface area (Å²) in [5.74, 6) is 0.868. The number of ether oxygens (including phenoxy) is 1. The highest BCUT2D eigenvalue weighted by Gasteiger charge is 2.22. The van der Waals surface area contributed by atoms with Gasteiger partial charge < -0.3 is 15.4 Å². The molecular weight excluding hydrogens is 392 g/mol. The van der Waals surface area contributed by atoms with Crippen molar-refractivity contribution in [3.05, 3.63) is 82.9 Å². The van der Waals surface area contributed by atoms with Crippen LogP contribution >= 0.6 is 0 Å². The van der Waals surface area contributed by atoms with Crippen LogP contribution in [-0.2, 0) is 12.8 Å². The number of hydrogen-bond donors (Lipinski definition) is 2. The van der Waals surface area contributed by atoms with Gasteiger partial charge in [-0.1, -0.05) is 6.07 Å². The summed E-state index contributed by atoms with van der Waals surface area (Å²) in [5.41, 5.74) is 4.04. The zero-order valence-corrected chi connectivity index (χ0v) is 17.5. The minimum Gasteiger partial charge on any atom is -0.457 e. The predicted octanol–water partition coefficient (Wildman–Crippen LogP) is 3.22. The van der Waals surface area contributed by atoms with E-state index in [-0.39, 0.29) is 17.9 Å². The number of hydrogen-bond acceptors (Lipinski definition) is 5. The standard InChI is InChI=1S/C24H24N4O3/c1-15-21(4-3-10-26-15)23(29)28-18-7-5-16-6-8-19(13-17(16)12-18)31-20-9-11-27-22(14-20)24(30)25-2/h3-4,6,8-11,13-14,18H,5,7,12H2,1-2H3,(H,25,30)(H,28,29). The third-order valence-corrected chi connectivity index (χ3v) is 5.42. The number of fused-ring (bicyclic) bond motifs is 1. The van der Waals surface area contributed by atoms with Gasteiger partial charge >= 0.3 is 0 Å². The van der Waals surface area contributed by atoms with Crippen LogP contribution in [0.4, 0.5) is 0 Å². The van der Waals surface area contributed by atoms with Crippen molar-refractivity contribution in [2.45, 2.75) is 32.2 Å². The van der Waals surface area contributed by atoms with E-state index >= 15 is 0 Å². The Bertz CT molecular complexity index is 1130. The lowest BCUT2D eigenvalue weighted by molar-refractivity contribution is 0.0930. The molecule has 0 fully saturated rings. The molecule has 1 unspecified atom stereocenters. The molecule has 0 radical (unpaired) electrons. The molecule has 1 aromatic carbocycles. The van der Waals surface area contributed by atoms with E-state index in [9.17, 15) is 9.59 Å². The number of benzene rings is 1. The molecule has 0 saturated heterocycles. The molecule has 7 heteroatoms. The van der Waals surface area contributed by atoms with Gasteiger partial charge in [-0.15, -0.1) is 0 Å². The number of nitrogens with zero attached hydrogens (tertiary/aromatic N) is 2. The van der Waals surface area contributed by atoms with Gasteiger partial charge in [-0.05, 0) is 67.6 Å². The number of rotatable bonds is 5. The average Bonchev–Trinajstić information content (AvgIpc) is 2.78. The van der Waals surface area contributed by atoms with Crippen LogP contribution in [0.3, 0.4) is 0 Å². The second-order valence-electron chi connectivity index (χ2n) is 7.54. The lowest BCUT2D eigenvalue weighted by Gasteiger charge is -2.26. The van der Waals surface area contributed by atoms with Crippen LogP contribution in [0.5, 0.6) is 11.5 Å². The molecule has 0 aliphatic heterocycles. The van der Waals surface area contributed by atoms with E-state index < -0.39 is 0 Å². The van der Waals surface area contributed by atoms with Gasteiger partial charge in [0.15, 0.2) is 0 Å². The van der Waals surface area contributed by atoms with Crippen molar-refractivity contribution in [2.75, 3.05) is 7.05 Å². The quantitative estimate of drug-likeness (QED) is 0.666. The summed E-state index contributed by atoms with van der Waals surface area (Å²) in [4.78, 5) is 32.7. The lowest BCUT2D eigenvalue weighted by Crippen LogP contribution is -2.39. The largest absolute Gasteiger partial charge is 0.457 e. The fraction of sp³-hybridized carbons (Fsp3) is 0.250. The van der Waals surface area contributed by atoms with Crippen molar-refractivity contribution >= 4 is 11.8 Å². The van der Waals surface area contributed by atoms with E-state index in [1.165, 1.54) is 5.56 Å². The maximum atomic E-state index is 12.7. The fourth-order valence-electron chi connectivity index (χ4n) is 3.77. The average molecular weight is 416 g/mol. The van der Waals surface area contributed by atoms with Crippen molar-refractivity contribution in [3.8, 4) is 11.5 Å². The van der Waals surface area contributed by atoms with E-state index in [0.717, 1.165) is 30.5 Å². The summed E-state index contributed by atoms with van der Waals surface area (Å²) in [6.45, 7) is 1.84. The first-order valence-corrected chi connectivity index (χ1v) is 10.2. The number of amides is 2. The molecule has 4 rings (SSSR count). The van der Waals surface area contributed by atoms with E-state index in [2.05, 4.69) is 26.7 Å². The van der Waals surface area contributed by atoms with Crippen LogP contribution in [0.15, 0.2) is 54.9 Å². The minimum absolute atomic E-state index is 0.0515. The second kappa shape index (κ2) is 8.95. The molecule has 0 saturated carbocycles. The molecule has 7 nitrogen and oxygen atoms in total. The first-order valence-electron chi connectivity index (χ1n) is 10.2. The summed E-state index contributed by atoms with van der Waals surface area (Å²) >= 11 is 0. The monoisotopic (exact) mass is 416 g/mol. The van der Waals surface area contributed by atoms with E-state index in [1.54, 1.807) is 43.7 Å². The number of carbonyl (C=O) groups is 2. The van der Waals surface area contributed by atoms with Crippen molar-refractivity contribution in [1.29, 1.82) is 0 Å². The third kappa shape index (κ3) is 4.71. The molecule has 2 heterocycles. The molecule has 1 aliphatic carbocycles. The zero-order chi connectivity index (χ0) is 21.8. The van der Waals surface area contributed by atoms with Crippen LogP contribution in [0, 0.1) is 6.92 Å². The van der Waals surface area contributed by atoms with Gasteiger partial charge in [0.05, 0.1) is 5.56 Å². The Morgan fingerprint density at radius 3 is 2.65 bits per heavy atom. The first-order chi connectivity index (χ1) is 15.0. The van der Waals surface area contributed by atoms with Gasteiger partial charge in [-0.25, -0.2) is 0 Å². The maximum Gasteiger partial charge on any atom is 0.269 e. The van der Waals surface area contributed by atoms with Crippen LogP contribution in [-0.4, -0.2) is 34.9 Å². The summed E-state index contributed by atoms with van der Waals surface area (Å²) < 4.78 is 5.97. The van der Waals surface area contributed by atoms with Crippen molar-refractivity contribution in [2.24, 2.45) is 0 Å². The molecule has 2 aromatic heterocycles. The number of pyridine rings is 2. The molecule has 0 bridgehead atoms. The molecular formula is C24H24N4O3. The van der Waals surface area contributed by atoms with Crippen LogP contribution in [0.2, 0.25) is 0 Å². The van der Waals surface area contributed by atoms with Crippen molar-refractivity contribution < 1.29 is 14.3 Å². The second-order valence-corrected chi connectivity index (χ2v) is 7.54. The normalized spacial score (nSPS) is 15.0. The lowest BCUT2D eigenvalue weighted by atomic mass is 9.88. The molecule has 0 spiro atoms. The number of aryl methyl sites for hydroxylation is 2. The number of nitrogens with one attached hydrogen (secondary N) is 2. The maximum absolute atomic E-state index is 12.7. The molecule has 158 valence electrons. The molecule has 2 amide bonds. The van der Waals surface area contributed by atoms with Gasteiger partial charge in [0, 0.05) is 37.2 Å². The highest BCUT2D eigenvalue weighted by Crippen LogP contribution is 2.29. The number of carbonyl (C=O) groups excluding carboxylic acids is 2. The highest BCUT2D eigenvalue weighted by atomic mass is 16.5. The van der Waals surface area contributed by atoms with Gasteiger partial charge in [0.2, 0.25) is 0 Å². The summed E-state index contributed by atoms with van der Waals surface area (Å²) in [6, 6.07) is 12.9. The van der Waals surface area contributed by atoms with Crippen LogP contribution < -0.4 is 15.4 Å². The molecule has 2 N–H and O–H groups in total. The van der Waals surface area contributed by atoms with Gasteiger partial charge in [-0.3, -0.25) is 19.6 Å². The van der Waals surface area contributed by atoms with Crippen molar-refractivity contribution in [1.82, 2.24) is 20.6 Å². The highest BCUT2D eigenvalue weighted by molar-refractivity contribution is 5.95. The molecule has 3 aromatic rings. The van der Waals surface area contributed by atoms with E-state index in [0.29, 0.717) is 22.8 Å². The number of aromatic nitrogens is 2. The Kier molecular flexibility index (Phi) is 5.93. The Morgan fingerprint density at radius 2 is 1.84 bits per heavy atom. The van der Waals surface area contributed by atoms with Gasteiger partial charge in [0.1, 0.15) is 17.2 Å². The van der Waals surface area contributed by atoms with Crippen LogP contribution in [0.25, 0.3) is 0 Å². The molecule has 31 heavy (non-hydrogen) atoms. The predicted molar refractivity (Wildman–Crippen MR) is 116 cm³/mol. The van der Waals surface area contributed by atoms with Crippen LogP contribution in [0.1, 0.15) is 44.1 Å². The minimum atomic E-state index is -0.265. The topological polar surface area (TPSA) is 93.2 Å². The SMILES string of the molecule is CNC(=O)c1cc(Oc2ccc3c(c2)CC(NC(=O)c2cccnc2C)CC3)ccn1. The Hall–Kier alpha value is -3.74. The van der Waals surface area contributed by atoms with E-state index in [4.69, 9.17) is 4.74 Å². The third-order valence-electron chi connectivity index (χ3n) is 5.42. The summed E-state index contributed by atoms with van der Waals surface area (Å²) in [7, 11) is 1.56. The van der Waals surface area contributed by atoms with E-state index in [1.807, 2.05) is 19.1 Å². The molecule has 1 atom stereocenters. The summed E-state index contributed by atoms with van der Waals surface area (Å²) in [6.07, 6.45) is 5.74. The Morgan fingerprint density at radius 1 is 1.00 bits per heavy atom. The first kappa shape index (κ1) is 20.5. The smallest absolute Gasteiger partial charge is 0.269 e. The molecule has 1 aliphatic rings. The Labute approximate surface area is 180 Å².